The Morgan fingerprint density at radius 3 is 2.44 bits per heavy atom. The van der Waals surface area contributed by atoms with Gasteiger partial charge in [0.25, 0.3) is 11.8 Å². The number of hydrogen-bond donors (Lipinski definition) is 2. The molecule has 0 unspecified atom stereocenters. The van der Waals surface area contributed by atoms with Gasteiger partial charge < -0.3 is 30.1 Å². The van der Waals surface area contributed by atoms with Crippen molar-refractivity contribution in [3.63, 3.8) is 0 Å². The number of carbonyl (C=O) groups excluding carboxylic acids is 2. The van der Waals surface area contributed by atoms with Gasteiger partial charge in [-0.1, -0.05) is 11.6 Å². The summed E-state index contributed by atoms with van der Waals surface area (Å²) in [7, 11) is 6.07. The first kappa shape index (κ1) is 28.3. The van der Waals surface area contributed by atoms with Crippen molar-refractivity contribution < 1.29 is 14.3 Å². The van der Waals surface area contributed by atoms with E-state index in [0.717, 1.165) is 44.2 Å². The van der Waals surface area contributed by atoms with E-state index in [0.29, 0.717) is 40.7 Å². The van der Waals surface area contributed by atoms with E-state index in [1.165, 1.54) is 0 Å². The predicted molar refractivity (Wildman–Crippen MR) is 155 cm³/mol. The Balaban J connectivity index is 1.38. The number of rotatable bonds is 10. The molecule has 11 heteroatoms. The van der Waals surface area contributed by atoms with Gasteiger partial charge in [-0.15, -0.1) is 0 Å². The summed E-state index contributed by atoms with van der Waals surface area (Å²) in [5.41, 5.74) is 1.76. The van der Waals surface area contributed by atoms with Crippen molar-refractivity contribution in [2.75, 3.05) is 81.0 Å². The summed E-state index contributed by atoms with van der Waals surface area (Å²) >= 11 is 6.35. The number of pyridine rings is 2. The highest BCUT2D eigenvalue weighted by atomic mass is 35.5. The lowest BCUT2D eigenvalue weighted by atomic mass is 10.2. The third-order valence-corrected chi connectivity index (χ3v) is 6.64. The lowest BCUT2D eigenvalue weighted by Crippen LogP contribution is -2.36. The molecule has 1 aliphatic rings. The van der Waals surface area contributed by atoms with Crippen molar-refractivity contribution >= 4 is 46.4 Å². The van der Waals surface area contributed by atoms with Gasteiger partial charge in [0.2, 0.25) is 0 Å². The van der Waals surface area contributed by atoms with E-state index in [1.54, 1.807) is 48.8 Å². The van der Waals surface area contributed by atoms with Crippen molar-refractivity contribution in [1.29, 1.82) is 0 Å². The Kier molecular flexibility index (Phi) is 9.69. The lowest BCUT2D eigenvalue weighted by Gasteiger charge is -2.27. The molecule has 1 aliphatic heterocycles. The van der Waals surface area contributed by atoms with E-state index in [9.17, 15) is 9.59 Å². The van der Waals surface area contributed by atoms with Crippen molar-refractivity contribution in [1.82, 2.24) is 14.9 Å². The highest BCUT2D eigenvalue weighted by Crippen LogP contribution is 2.27. The molecule has 3 aromatic rings. The van der Waals surface area contributed by atoms with Gasteiger partial charge >= 0.3 is 0 Å². The molecule has 2 aromatic heterocycles. The number of amides is 2. The van der Waals surface area contributed by atoms with Gasteiger partial charge in [-0.2, -0.15) is 0 Å². The second-order valence-corrected chi connectivity index (χ2v) is 10.00. The quantitative estimate of drug-likeness (QED) is 0.391. The number of carbonyl (C=O) groups is 2. The van der Waals surface area contributed by atoms with E-state index in [4.69, 9.17) is 16.3 Å². The van der Waals surface area contributed by atoms with E-state index >= 15 is 0 Å². The van der Waals surface area contributed by atoms with Crippen LogP contribution >= 0.6 is 11.6 Å². The molecule has 0 bridgehead atoms. The average Bonchev–Trinajstić information content (AvgIpc) is 2.95. The van der Waals surface area contributed by atoms with Gasteiger partial charge in [0.15, 0.2) is 0 Å². The summed E-state index contributed by atoms with van der Waals surface area (Å²) in [6.45, 7) is 4.56. The second kappa shape index (κ2) is 13.4. The van der Waals surface area contributed by atoms with Crippen LogP contribution in [-0.2, 0) is 4.74 Å². The number of aromatic nitrogens is 2. The molecule has 0 atom stereocenters. The highest BCUT2D eigenvalue weighted by Gasteiger charge is 2.16. The normalized spacial score (nSPS) is 13.3. The van der Waals surface area contributed by atoms with Crippen LogP contribution in [0, 0.1) is 0 Å². The third-order valence-electron chi connectivity index (χ3n) is 6.32. The average molecular weight is 552 g/mol. The Hall–Kier alpha value is -3.73. The van der Waals surface area contributed by atoms with Gasteiger partial charge in [0.1, 0.15) is 11.6 Å². The summed E-state index contributed by atoms with van der Waals surface area (Å²) in [6.07, 6.45) is 4.17. The molecule has 4 rings (SSSR count). The molecule has 0 aliphatic carbocycles. The van der Waals surface area contributed by atoms with Gasteiger partial charge in [-0.3, -0.25) is 9.59 Å². The number of anilines is 4. The topological polar surface area (TPSA) is 103 Å². The van der Waals surface area contributed by atoms with Crippen LogP contribution < -0.4 is 20.4 Å². The van der Waals surface area contributed by atoms with Crippen molar-refractivity contribution in [2.24, 2.45) is 0 Å². The Morgan fingerprint density at radius 2 is 1.72 bits per heavy atom. The molecule has 1 fully saturated rings. The first-order chi connectivity index (χ1) is 18.8. The first-order valence-corrected chi connectivity index (χ1v) is 13.2. The molecule has 10 nitrogen and oxygen atoms in total. The zero-order valence-electron chi connectivity index (χ0n) is 22.5. The zero-order valence-corrected chi connectivity index (χ0v) is 23.2. The third kappa shape index (κ3) is 7.89. The maximum atomic E-state index is 13.0. The van der Waals surface area contributed by atoms with Gasteiger partial charge in [0, 0.05) is 50.3 Å². The number of benzene rings is 1. The maximum absolute atomic E-state index is 13.0. The zero-order chi connectivity index (χ0) is 27.8. The van der Waals surface area contributed by atoms with E-state index in [2.05, 4.69) is 35.3 Å². The molecule has 0 saturated carbocycles. The molecule has 0 radical (unpaired) electrons. The molecule has 206 valence electrons. The van der Waals surface area contributed by atoms with Crippen molar-refractivity contribution in [2.45, 2.75) is 6.42 Å². The van der Waals surface area contributed by atoms with Gasteiger partial charge in [0.05, 0.1) is 29.5 Å². The summed E-state index contributed by atoms with van der Waals surface area (Å²) in [6, 6.07) is 11.9. The molecule has 39 heavy (non-hydrogen) atoms. The Bertz CT molecular complexity index is 1280. The van der Waals surface area contributed by atoms with Crippen LogP contribution in [0.5, 0.6) is 0 Å². The van der Waals surface area contributed by atoms with E-state index < -0.39 is 0 Å². The molecular formula is C28H34ClN7O3. The molecule has 2 N–H and O–H groups in total. The fraction of sp³-hybridized carbons (Fsp3) is 0.357. The summed E-state index contributed by atoms with van der Waals surface area (Å²) in [5, 5.41) is 6.04. The molecule has 0 spiro atoms. The summed E-state index contributed by atoms with van der Waals surface area (Å²) < 4.78 is 5.39. The first-order valence-electron chi connectivity index (χ1n) is 12.8. The number of ether oxygens (including phenoxy) is 1. The Morgan fingerprint density at radius 1 is 0.949 bits per heavy atom. The fourth-order valence-corrected chi connectivity index (χ4v) is 4.27. The molecule has 2 amide bonds. The van der Waals surface area contributed by atoms with Gasteiger partial charge in [-0.05, 0) is 69.5 Å². The fourth-order valence-electron chi connectivity index (χ4n) is 4.11. The number of hydrogen-bond acceptors (Lipinski definition) is 8. The van der Waals surface area contributed by atoms with E-state index in [-0.39, 0.29) is 11.8 Å². The van der Waals surface area contributed by atoms with Crippen LogP contribution in [0.3, 0.4) is 0 Å². The highest BCUT2D eigenvalue weighted by molar-refractivity contribution is 6.34. The minimum absolute atomic E-state index is 0.291. The smallest absolute Gasteiger partial charge is 0.257 e. The van der Waals surface area contributed by atoms with Crippen molar-refractivity contribution in [3.05, 3.63) is 71.0 Å². The van der Waals surface area contributed by atoms with Crippen LogP contribution in [0.1, 0.15) is 27.1 Å². The lowest BCUT2D eigenvalue weighted by molar-refractivity contribution is 0.101. The monoisotopic (exact) mass is 551 g/mol. The molecule has 3 heterocycles. The van der Waals surface area contributed by atoms with Crippen LogP contribution in [0.2, 0.25) is 5.02 Å². The molecule has 1 saturated heterocycles. The number of morpholine rings is 1. The SMILES string of the molecule is CN(C)CCCN(C)c1ccc(C(=O)Nc2cc(NC(=O)c3ccnc(N4CCOCC4)c3)ccc2Cl)cn1. The maximum Gasteiger partial charge on any atom is 0.257 e. The standard InChI is InChI=1S/C28H34ClN7O3/c1-34(2)11-4-12-35(3)25-8-5-21(19-31-25)28(38)33-24-18-22(6-7-23(24)29)32-27(37)20-9-10-30-26(17-20)36-13-15-39-16-14-36/h5-10,17-19H,4,11-16H2,1-3H3,(H,32,37)(H,33,38). The number of nitrogens with one attached hydrogen (secondary N) is 2. The minimum Gasteiger partial charge on any atom is -0.378 e. The summed E-state index contributed by atoms with van der Waals surface area (Å²) in [5.74, 6) is 0.885. The Labute approximate surface area is 233 Å². The summed E-state index contributed by atoms with van der Waals surface area (Å²) in [4.78, 5) is 41.0. The van der Waals surface area contributed by atoms with E-state index in [1.807, 2.05) is 27.2 Å². The number of nitrogens with zero attached hydrogens (tertiary/aromatic N) is 5. The van der Waals surface area contributed by atoms with Crippen LogP contribution in [0.15, 0.2) is 54.9 Å². The van der Waals surface area contributed by atoms with Crippen LogP contribution in [0.25, 0.3) is 0 Å². The predicted octanol–water partition coefficient (Wildman–Crippen LogP) is 3.86. The number of halogens is 1. The van der Waals surface area contributed by atoms with Crippen LogP contribution in [-0.4, -0.2) is 87.2 Å². The molecule has 1 aromatic carbocycles. The minimum atomic E-state index is -0.348. The van der Waals surface area contributed by atoms with Crippen LogP contribution in [0.4, 0.5) is 23.0 Å². The largest absolute Gasteiger partial charge is 0.378 e. The van der Waals surface area contributed by atoms with Gasteiger partial charge in [-0.25, -0.2) is 9.97 Å². The van der Waals surface area contributed by atoms with Crippen molar-refractivity contribution in [3.8, 4) is 0 Å². The second-order valence-electron chi connectivity index (χ2n) is 9.59. The molecular weight excluding hydrogens is 518 g/mol.